The van der Waals surface area contributed by atoms with E-state index < -0.39 is 0 Å². The Bertz CT molecular complexity index is 464. The first-order chi connectivity index (χ1) is 10.3. The highest BCUT2D eigenvalue weighted by Crippen LogP contribution is 2.39. The Labute approximate surface area is 128 Å². The van der Waals surface area contributed by atoms with E-state index >= 15 is 0 Å². The number of aryl methyl sites for hydroxylation is 1. The summed E-state index contributed by atoms with van der Waals surface area (Å²) < 4.78 is 0. The summed E-state index contributed by atoms with van der Waals surface area (Å²) in [5.41, 5.74) is 2.52. The summed E-state index contributed by atoms with van der Waals surface area (Å²) in [5, 5.41) is 3.44. The fourth-order valence-corrected chi connectivity index (χ4v) is 3.20. The predicted octanol–water partition coefficient (Wildman–Crippen LogP) is 2.66. The molecule has 4 nitrogen and oxygen atoms in total. The van der Waals surface area contributed by atoms with Gasteiger partial charge in [0.05, 0.1) is 6.04 Å². The van der Waals surface area contributed by atoms with E-state index in [2.05, 4.69) is 30.1 Å². The molecule has 1 aromatic rings. The molecule has 116 valence electrons. The van der Waals surface area contributed by atoms with Crippen molar-refractivity contribution in [2.45, 2.75) is 57.9 Å². The maximum absolute atomic E-state index is 4.96. The van der Waals surface area contributed by atoms with Gasteiger partial charge in [-0.05, 0) is 31.7 Å². The van der Waals surface area contributed by atoms with Gasteiger partial charge in [-0.1, -0.05) is 20.3 Å². The molecule has 21 heavy (non-hydrogen) atoms. The molecule has 1 aliphatic heterocycles. The first-order valence-corrected chi connectivity index (χ1v) is 8.64. The zero-order valence-electron chi connectivity index (χ0n) is 13.4. The van der Waals surface area contributed by atoms with Crippen LogP contribution >= 0.6 is 0 Å². The fraction of sp³-hybridized carbons (Fsp3) is 0.765. The Kier molecular flexibility index (Phi) is 4.86. The lowest BCUT2D eigenvalue weighted by Crippen LogP contribution is -2.45. The van der Waals surface area contributed by atoms with E-state index in [9.17, 15) is 0 Å². The molecule has 2 aliphatic rings. The highest BCUT2D eigenvalue weighted by Gasteiger charge is 2.29. The molecule has 1 atom stereocenters. The van der Waals surface area contributed by atoms with Crippen LogP contribution in [0.5, 0.6) is 0 Å². The molecule has 1 unspecified atom stereocenters. The number of rotatable bonds is 6. The van der Waals surface area contributed by atoms with Gasteiger partial charge in [0, 0.05) is 43.5 Å². The van der Waals surface area contributed by atoms with Gasteiger partial charge in [-0.2, -0.15) is 0 Å². The lowest BCUT2D eigenvalue weighted by atomic mass is 10.1. The number of nitrogens with one attached hydrogen (secondary N) is 1. The minimum absolute atomic E-state index is 0.404. The van der Waals surface area contributed by atoms with Gasteiger partial charge in [-0.3, -0.25) is 4.90 Å². The molecule has 4 heteroatoms. The standard InChI is InChI=1S/C17H28N4/c1-3-5-16(21-10-8-18-9-11-21)17-19-14(4-2)12-15(20-17)13-6-7-13/h12-13,16,18H,3-11H2,1-2H3. The summed E-state index contributed by atoms with van der Waals surface area (Å²) in [6, 6.07) is 2.64. The van der Waals surface area contributed by atoms with Crippen LogP contribution in [0.3, 0.4) is 0 Å². The Morgan fingerprint density at radius 1 is 1.24 bits per heavy atom. The van der Waals surface area contributed by atoms with Crippen molar-refractivity contribution in [2.75, 3.05) is 26.2 Å². The molecular formula is C17H28N4. The maximum atomic E-state index is 4.96. The predicted molar refractivity (Wildman–Crippen MR) is 85.5 cm³/mol. The van der Waals surface area contributed by atoms with E-state index in [1.807, 2.05) is 0 Å². The van der Waals surface area contributed by atoms with Gasteiger partial charge in [-0.25, -0.2) is 9.97 Å². The summed E-state index contributed by atoms with van der Waals surface area (Å²) in [5.74, 6) is 1.79. The van der Waals surface area contributed by atoms with Gasteiger partial charge in [0.1, 0.15) is 5.82 Å². The molecule has 1 saturated heterocycles. The van der Waals surface area contributed by atoms with Crippen LogP contribution in [-0.2, 0) is 6.42 Å². The molecule has 2 heterocycles. The van der Waals surface area contributed by atoms with E-state index in [4.69, 9.17) is 9.97 Å². The first kappa shape index (κ1) is 14.9. The molecule has 0 aromatic carbocycles. The minimum atomic E-state index is 0.404. The topological polar surface area (TPSA) is 41.1 Å². The summed E-state index contributed by atoms with van der Waals surface area (Å²) in [6.45, 7) is 8.86. The highest BCUT2D eigenvalue weighted by molar-refractivity contribution is 5.20. The van der Waals surface area contributed by atoms with Gasteiger partial charge in [-0.15, -0.1) is 0 Å². The molecule has 1 aromatic heterocycles. The average Bonchev–Trinajstić information content (AvgIpc) is 3.38. The molecular weight excluding hydrogens is 260 g/mol. The van der Waals surface area contributed by atoms with E-state index in [1.165, 1.54) is 30.7 Å². The molecule has 1 saturated carbocycles. The number of piperazine rings is 1. The smallest absolute Gasteiger partial charge is 0.145 e. The highest BCUT2D eigenvalue weighted by atomic mass is 15.2. The second-order valence-corrected chi connectivity index (χ2v) is 6.36. The van der Waals surface area contributed by atoms with Crippen LogP contribution < -0.4 is 5.32 Å². The SMILES string of the molecule is CCCC(c1nc(CC)cc(C2CC2)n1)N1CCNCC1. The quantitative estimate of drug-likeness (QED) is 0.874. The second-order valence-electron chi connectivity index (χ2n) is 6.36. The number of nitrogens with zero attached hydrogens (tertiary/aromatic N) is 3. The van der Waals surface area contributed by atoms with Crippen LogP contribution in [-0.4, -0.2) is 41.0 Å². The van der Waals surface area contributed by atoms with E-state index in [-0.39, 0.29) is 0 Å². The average molecular weight is 288 g/mol. The number of hydrogen-bond acceptors (Lipinski definition) is 4. The normalized spacial score (nSPS) is 21.4. The van der Waals surface area contributed by atoms with Gasteiger partial charge >= 0.3 is 0 Å². The molecule has 0 amide bonds. The van der Waals surface area contributed by atoms with Crippen molar-refractivity contribution < 1.29 is 0 Å². The summed E-state index contributed by atoms with van der Waals surface area (Å²) in [4.78, 5) is 12.4. The van der Waals surface area contributed by atoms with Crippen LogP contribution in [0.25, 0.3) is 0 Å². The fourth-order valence-electron chi connectivity index (χ4n) is 3.20. The van der Waals surface area contributed by atoms with Crippen molar-refractivity contribution in [1.82, 2.24) is 20.2 Å². The molecule has 0 radical (unpaired) electrons. The molecule has 1 aliphatic carbocycles. The summed E-state index contributed by atoms with van der Waals surface area (Å²) >= 11 is 0. The summed E-state index contributed by atoms with van der Waals surface area (Å²) in [7, 11) is 0. The summed E-state index contributed by atoms with van der Waals surface area (Å²) in [6.07, 6.45) is 5.98. The molecule has 0 spiro atoms. The molecule has 2 fully saturated rings. The van der Waals surface area contributed by atoms with Crippen LogP contribution in [0.1, 0.15) is 68.7 Å². The van der Waals surface area contributed by atoms with E-state index in [0.29, 0.717) is 12.0 Å². The molecule has 1 N–H and O–H groups in total. The van der Waals surface area contributed by atoms with Crippen LogP contribution in [0.4, 0.5) is 0 Å². The third-order valence-corrected chi connectivity index (χ3v) is 4.63. The van der Waals surface area contributed by atoms with Crippen molar-refractivity contribution in [2.24, 2.45) is 0 Å². The Hall–Kier alpha value is -1.00. The lowest BCUT2D eigenvalue weighted by Gasteiger charge is -2.34. The third kappa shape index (κ3) is 3.61. The molecule has 0 bridgehead atoms. The van der Waals surface area contributed by atoms with Crippen molar-refractivity contribution in [3.05, 3.63) is 23.3 Å². The van der Waals surface area contributed by atoms with Crippen LogP contribution in [0.15, 0.2) is 6.07 Å². The van der Waals surface area contributed by atoms with Crippen LogP contribution in [0.2, 0.25) is 0 Å². The van der Waals surface area contributed by atoms with Gasteiger partial charge in [0.2, 0.25) is 0 Å². The number of hydrogen-bond donors (Lipinski definition) is 1. The zero-order valence-corrected chi connectivity index (χ0v) is 13.4. The second kappa shape index (κ2) is 6.84. The molecule has 3 rings (SSSR count). The monoisotopic (exact) mass is 288 g/mol. The van der Waals surface area contributed by atoms with Gasteiger partial charge in [0.15, 0.2) is 0 Å². The van der Waals surface area contributed by atoms with Crippen molar-refractivity contribution in [3.8, 4) is 0 Å². The van der Waals surface area contributed by atoms with Crippen molar-refractivity contribution in [3.63, 3.8) is 0 Å². The Balaban J connectivity index is 1.87. The van der Waals surface area contributed by atoms with Crippen LogP contribution in [0, 0.1) is 0 Å². The number of aromatic nitrogens is 2. The van der Waals surface area contributed by atoms with Crippen molar-refractivity contribution in [1.29, 1.82) is 0 Å². The van der Waals surface area contributed by atoms with Gasteiger partial charge < -0.3 is 5.32 Å². The Morgan fingerprint density at radius 3 is 2.62 bits per heavy atom. The zero-order chi connectivity index (χ0) is 14.7. The van der Waals surface area contributed by atoms with Gasteiger partial charge in [0.25, 0.3) is 0 Å². The van der Waals surface area contributed by atoms with E-state index in [0.717, 1.165) is 44.8 Å². The third-order valence-electron chi connectivity index (χ3n) is 4.63. The van der Waals surface area contributed by atoms with E-state index in [1.54, 1.807) is 0 Å². The lowest BCUT2D eigenvalue weighted by molar-refractivity contribution is 0.157. The Morgan fingerprint density at radius 2 is 2.00 bits per heavy atom. The van der Waals surface area contributed by atoms with Crippen molar-refractivity contribution >= 4 is 0 Å². The largest absolute Gasteiger partial charge is 0.314 e. The maximum Gasteiger partial charge on any atom is 0.145 e. The minimum Gasteiger partial charge on any atom is -0.314 e. The first-order valence-electron chi connectivity index (χ1n) is 8.64.